The fourth-order valence-corrected chi connectivity index (χ4v) is 2.84. The average Bonchev–Trinajstić information content (AvgIpc) is 2.53. The van der Waals surface area contributed by atoms with Gasteiger partial charge < -0.3 is 10.1 Å². The number of carbonyl (C=O) groups excluding carboxylic acids is 1. The molecule has 0 unspecified atom stereocenters. The lowest BCUT2D eigenvalue weighted by molar-refractivity contribution is -0.127. The lowest BCUT2D eigenvalue weighted by Crippen LogP contribution is -2.37. The van der Waals surface area contributed by atoms with Crippen molar-refractivity contribution in [1.82, 2.24) is 5.32 Å². The fraction of sp³-hybridized carbons (Fsp3) is 0.500. The van der Waals surface area contributed by atoms with Crippen molar-refractivity contribution in [2.75, 3.05) is 13.2 Å². The molecule has 1 amide bonds. The molecular formula is C16H19ClN2O2. The summed E-state index contributed by atoms with van der Waals surface area (Å²) in [6.45, 7) is 3.31. The van der Waals surface area contributed by atoms with Gasteiger partial charge in [0.2, 0.25) is 5.91 Å². The molecule has 0 aliphatic carbocycles. The number of nitriles is 1. The maximum atomic E-state index is 12.4. The number of nitrogens with one attached hydrogen (secondary N) is 1. The van der Waals surface area contributed by atoms with Crippen LogP contribution in [0.5, 0.6) is 0 Å². The Kier molecular flexibility index (Phi) is 5.60. The summed E-state index contributed by atoms with van der Waals surface area (Å²) in [5.74, 6) is 0.0740. The van der Waals surface area contributed by atoms with Gasteiger partial charge in [0.25, 0.3) is 0 Å². The summed E-state index contributed by atoms with van der Waals surface area (Å²) in [7, 11) is 0. The first-order valence-electron chi connectivity index (χ1n) is 7.15. The number of nitrogens with zero attached hydrogens (tertiary/aromatic N) is 1. The molecule has 0 radical (unpaired) electrons. The van der Waals surface area contributed by atoms with Crippen LogP contribution in [0, 0.1) is 23.2 Å². The topological polar surface area (TPSA) is 62.1 Å². The number of halogens is 1. The van der Waals surface area contributed by atoms with E-state index in [9.17, 15) is 10.1 Å². The van der Waals surface area contributed by atoms with Crippen LogP contribution in [0.4, 0.5) is 0 Å². The zero-order chi connectivity index (χ0) is 15.2. The highest BCUT2D eigenvalue weighted by atomic mass is 35.5. The van der Waals surface area contributed by atoms with Crippen LogP contribution in [0.15, 0.2) is 24.3 Å². The molecule has 0 bridgehead atoms. The van der Waals surface area contributed by atoms with Gasteiger partial charge >= 0.3 is 0 Å². The predicted molar refractivity (Wildman–Crippen MR) is 80.7 cm³/mol. The van der Waals surface area contributed by atoms with E-state index in [0.717, 1.165) is 12.8 Å². The molecule has 5 heteroatoms. The lowest BCUT2D eigenvalue weighted by Gasteiger charge is -2.27. The molecule has 1 aromatic carbocycles. The molecule has 0 saturated carbocycles. The minimum absolute atomic E-state index is 0.103. The Labute approximate surface area is 130 Å². The molecule has 0 spiro atoms. The van der Waals surface area contributed by atoms with Gasteiger partial charge in [0.05, 0.1) is 6.07 Å². The zero-order valence-corrected chi connectivity index (χ0v) is 12.8. The minimum atomic E-state index is -0.714. The molecule has 0 aromatic heterocycles. The Morgan fingerprint density at radius 1 is 1.43 bits per heavy atom. The SMILES string of the molecule is C[C@H](C(=O)N[C@@H](C#N)c1ccccc1Cl)C1CCOCC1. The smallest absolute Gasteiger partial charge is 0.224 e. The van der Waals surface area contributed by atoms with E-state index >= 15 is 0 Å². The second-order valence-electron chi connectivity index (χ2n) is 5.33. The summed E-state index contributed by atoms with van der Waals surface area (Å²) < 4.78 is 5.32. The molecule has 112 valence electrons. The van der Waals surface area contributed by atoms with Crippen molar-refractivity contribution in [3.63, 3.8) is 0 Å². The van der Waals surface area contributed by atoms with E-state index in [4.69, 9.17) is 16.3 Å². The first-order valence-corrected chi connectivity index (χ1v) is 7.53. The van der Waals surface area contributed by atoms with Crippen molar-refractivity contribution in [2.24, 2.45) is 11.8 Å². The van der Waals surface area contributed by atoms with Gasteiger partial charge in [-0.1, -0.05) is 36.7 Å². The number of benzene rings is 1. The van der Waals surface area contributed by atoms with Crippen molar-refractivity contribution >= 4 is 17.5 Å². The molecule has 21 heavy (non-hydrogen) atoms. The molecule has 1 saturated heterocycles. The van der Waals surface area contributed by atoms with Crippen molar-refractivity contribution in [3.05, 3.63) is 34.9 Å². The number of hydrogen-bond acceptors (Lipinski definition) is 3. The van der Waals surface area contributed by atoms with Crippen LogP contribution in [0.2, 0.25) is 5.02 Å². The summed E-state index contributed by atoms with van der Waals surface area (Å²) in [4.78, 5) is 12.4. The van der Waals surface area contributed by atoms with E-state index in [1.54, 1.807) is 24.3 Å². The van der Waals surface area contributed by atoms with Gasteiger partial charge in [-0.15, -0.1) is 0 Å². The second-order valence-corrected chi connectivity index (χ2v) is 5.74. The molecular weight excluding hydrogens is 288 g/mol. The monoisotopic (exact) mass is 306 g/mol. The van der Waals surface area contributed by atoms with E-state index in [-0.39, 0.29) is 11.8 Å². The highest BCUT2D eigenvalue weighted by Gasteiger charge is 2.28. The van der Waals surface area contributed by atoms with Gasteiger partial charge in [-0.25, -0.2) is 0 Å². The van der Waals surface area contributed by atoms with Crippen molar-refractivity contribution in [1.29, 1.82) is 5.26 Å². The molecule has 1 aliphatic rings. The van der Waals surface area contributed by atoms with E-state index < -0.39 is 6.04 Å². The number of ether oxygens (including phenoxy) is 1. The summed E-state index contributed by atoms with van der Waals surface area (Å²) in [5.41, 5.74) is 0.634. The highest BCUT2D eigenvalue weighted by molar-refractivity contribution is 6.31. The summed E-state index contributed by atoms with van der Waals surface area (Å²) in [6.07, 6.45) is 1.77. The van der Waals surface area contributed by atoms with E-state index in [2.05, 4.69) is 11.4 Å². The fourth-order valence-electron chi connectivity index (χ4n) is 2.59. The third kappa shape index (κ3) is 3.96. The summed E-state index contributed by atoms with van der Waals surface area (Å²) in [5, 5.41) is 12.6. The molecule has 1 aliphatic heterocycles. The van der Waals surface area contributed by atoms with Gasteiger partial charge in [0, 0.05) is 29.7 Å². The Hall–Kier alpha value is -1.57. The molecule has 2 rings (SSSR count). The maximum absolute atomic E-state index is 12.4. The van der Waals surface area contributed by atoms with Crippen LogP contribution in [-0.4, -0.2) is 19.1 Å². The zero-order valence-electron chi connectivity index (χ0n) is 12.0. The summed E-state index contributed by atoms with van der Waals surface area (Å²) in [6, 6.07) is 8.47. The van der Waals surface area contributed by atoms with Crippen LogP contribution in [-0.2, 0) is 9.53 Å². The first kappa shape index (κ1) is 15.8. The van der Waals surface area contributed by atoms with Crippen molar-refractivity contribution in [3.8, 4) is 6.07 Å². The second kappa shape index (κ2) is 7.44. The van der Waals surface area contributed by atoms with Gasteiger partial charge in [0.15, 0.2) is 0 Å². The number of rotatable bonds is 4. The third-order valence-electron chi connectivity index (χ3n) is 4.02. The molecule has 1 N–H and O–H groups in total. The molecule has 1 fully saturated rings. The van der Waals surface area contributed by atoms with Crippen molar-refractivity contribution < 1.29 is 9.53 Å². The van der Waals surface area contributed by atoms with Crippen molar-refractivity contribution in [2.45, 2.75) is 25.8 Å². The first-order chi connectivity index (χ1) is 10.1. The normalized spacial score (nSPS) is 18.5. The van der Waals surface area contributed by atoms with Gasteiger partial charge in [0.1, 0.15) is 6.04 Å². The molecule has 2 atom stereocenters. The van der Waals surface area contributed by atoms with E-state index in [1.165, 1.54) is 0 Å². The van der Waals surface area contributed by atoms with Gasteiger partial charge in [-0.2, -0.15) is 5.26 Å². The van der Waals surface area contributed by atoms with Crippen LogP contribution in [0.25, 0.3) is 0 Å². The van der Waals surface area contributed by atoms with E-state index in [1.807, 2.05) is 6.92 Å². The van der Waals surface area contributed by atoms with Crippen LogP contribution in [0.1, 0.15) is 31.4 Å². The number of hydrogen-bond donors (Lipinski definition) is 1. The maximum Gasteiger partial charge on any atom is 0.224 e. The molecule has 4 nitrogen and oxygen atoms in total. The van der Waals surface area contributed by atoms with Gasteiger partial charge in [-0.05, 0) is 24.8 Å². The van der Waals surface area contributed by atoms with Crippen LogP contribution < -0.4 is 5.32 Å². The molecule has 1 heterocycles. The average molecular weight is 307 g/mol. The Bertz CT molecular complexity index is 535. The Balaban J connectivity index is 2.03. The Morgan fingerprint density at radius 2 is 2.10 bits per heavy atom. The molecule has 1 aromatic rings. The van der Waals surface area contributed by atoms with Gasteiger partial charge in [-0.3, -0.25) is 4.79 Å². The number of amides is 1. The predicted octanol–water partition coefficient (Wildman–Crippen LogP) is 3.08. The largest absolute Gasteiger partial charge is 0.381 e. The third-order valence-corrected chi connectivity index (χ3v) is 4.36. The quantitative estimate of drug-likeness (QED) is 0.930. The Morgan fingerprint density at radius 3 is 2.71 bits per heavy atom. The van der Waals surface area contributed by atoms with Crippen LogP contribution >= 0.6 is 11.6 Å². The highest BCUT2D eigenvalue weighted by Crippen LogP contribution is 2.26. The lowest BCUT2D eigenvalue weighted by atomic mass is 9.86. The number of carbonyl (C=O) groups is 1. The standard InChI is InChI=1S/C16H19ClN2O2/c1-11(12-6-8-21-9-7-12)16(20)19-15(10-18)13-4-2-3-5-14(13)17/h2-5,11-12,15H,6-9H2,1H3,(H,19,20)/t11-,15-/m0/s1. The van der Waals surface area contributed by atoms with E-state index in [0.29, 0.717) is 29.7 Å². The van der Waals surface area contributed by atoms with Crippen LogP contribution in [0.3, 0.4) is 0 Å². The minimum Gasteiger partial charge on any atom is -0.381 e. The summed E-state index contributed by atoms with van der Waals surface area (Å²) >= 11 is 6.09.